The molecule has 0 aliphatic heterocycles. The van der Waals surface area contributed by atoms with Crippen molar-refractivity contribution in [1.29, 1.82) is 0 Å². The van der Waals surface area contributed by atoms with Crippen LogP contribution < -0.4 is 0 Å². The van der Waals surface area contributed by atoms with Gasteiger partial charge >= 0.3 is 0 Å². The first kappa shape index (κ1) is 12.1. The largest absolute Gasteiger partial charge is 0.382 e. The zero-order chi connectivity index (χ0) is 8.24. The van der Waals surface area contributed by atoms with Gasteiger partial charge in [-0.25, -0.2) is 0 Å². The SMILES string of the molecule is C=CC=CC.CCOCC. The van der Waals surface area contributed by atoms with Crippen LogP contribution in [0, 0.1) is 0 Å². The molecular weight excluding hydrogens is 124 g/mol. The van der Waals surface area contributed by atoms with Crippen LogP contribution in [-0.4, -0.2) is 13.2 Å². The Labute approximate surface area is 64.4 Å². The second kappa shape index (κ2) is 15.8. The van der Waals surface area contributed by atoms with Crippen LogP contribution >= 0.6 is 0 Å². The Bertz CT molecular complexity index is 72.8. The molecular formula is C9H18O. The van der Waals surface area contributed by atoms with Crippen molar-refractivity contribution in [1.82, 2.24) is 0 Å². The van der Waals surface area contributed by atoms with Crippen LogP contribution in [0.1, 0.15) is 20.8 Å². The van der Waals surface area contributed by atoms with Crippen LogP contribution in [0.5, 0.6) is 0 Å². The summed E-state index contributed by atoms with van der Waals surface area (Å²) >= 11 is 0. The van der Waals surface area contributed by atoms with E-state index in [4.69, 9.17) is 4.74 Å². The van der Waals surface area contributed by atoms with Crippen LogP contribution in [0.3, 0.4) is 0 Å². The standard InChI is InChI=1S/C5H8.C4H10O/c2*1-3-5-4-2/h3-5H,1H2,2H3;3-4H2,1-2H3. The van der Waals surface area contributed by atoms with Crippen molar-refractivity contribution in [2.24, 2.45) is 0 Å². The Balaban J connectivity index is 0. The summed E-state index contributed by atoms with van der Waals surface area (Å²) in [6.45, 7) is 11.1. The highest BCUT2D eigenvalue weighted by atomic mass is 16.5. The molecule has 0 aromatic carbocycles. The fourth-order valence-corrected chi connectivity index (χ4v) is 0.340. The lowest BCUT2D eigenvalue weighted by Crippen LogP contribution is -1.84. The van der Waals surface area contributed by atoms with Crippen LogP contribution in [0.15, 0.2) is 24.8 Å². The monoisotopic (exact) mass is 142 g/mol. The van der Waals surface area contributed by atoms with Crippen molar-refractivity contribution in [3.8, 4) is 0 Å². The highest BCUT2D eigenvalue weighted by molar-refractivity contribution is 4.94. The zero-order valence-corrected chi connectivity index (χ0v) is 7.26. The average molecular weight is 142 g/mol. The molecule has 0 bridgehead atoms. The van der Waals surface area contributed by atoms with Crippen LogP contribution in [0.4, 0.5) is 0 Å². The summed E-state index contributed by atoms with van der Waals surface area (Å²) in [5.41, 5.74) is 0. The van der Waals surface area contributed by atoms with Crippen LogP contribution in [0.25, 0.3) is 0 Å². The fraction of sp³-hybridized carbons (Fsp3) is 0.556. The van der Waals surface area contributed by atoms with Crippen molar-refractivity contribution in [3.05, 3.63) is 24.8 Å². The summed E-state index contributed by atoms with van der Waals surface area (Å²) in [7, 11) is 0. The fourth-order valence-electron chi connectivity index (χ4n) is 0.340. The lowest BCUT2D eigenvalue weighted by Gasteiger charge is -1.86. The van der Waals surface area contributed by atoms with Gasteiger partial charge in [-0.2, -0.15) is 0 Å². The molecule has 10 heavy (non-hydrogen) atoms. The van der Waals surface area contributed by atoms with E-state index < -0.39 is 0 Å². The summed E-state index contributed by atoms with van der Waals surface area (Å²) in [5, 5.41) is 0. The van der Waals surface area contributed by atoms with Gasteiger partial charge in [-0.05, 0) is 20.8 Å². The molecule has 0 saturated heterocycles. The molecule has 0 fully saturated rings. The molecule has 0 aliphatic rings. The molecule has 0 aromatic rings. The minimum Gasteiger partial charge on any atom is -0.382 e. The maximum Gasteiger partial charge on any atom is 0.0437 e. The third-order valence-corrected chi connectivity index (χ3v) is 0.737. The van der Waals surface area contributed by atoms with E-state index in [0.29, 0.717) is 0 Å². The number of allylic oxidation sites excluding steroid dienone is 3. The van der Waals surface area contributed by atoms with Crippen molar-refractivity contribution in [2.75, 3.05) is 13.2 Å². The molecule has 0 rings (SSSR count). The highest BCUT2D eigenvalue weighted by Gasteiger charge is 1.64. The first-order valence-electron chi connectivity index (χ1n) is 3.64. The summed E-state index contributed by atoms with van der Waals surface area (Å²) in [6, 6.07) is 0. The van der Waals surface area contributed by atoms with Gasteiger partial charge in [0.05, 0.1) is 0 Å². The van der Waals surface area contributed by atoms with Gasteiger partial charge < -0.3 is 4.74 Å². The molecule has 0 atom stereocenters. The third kappa shape index (κ3) is 26.1. The van der Waals surface area contributed by atoms with Crippen molar-refractivity contribution in [2.45, 2.75) is 20.8 Å². The summed E-state index contributed by atoms with van der Waals surface area (Å²) in [6.07, 6.45) is 5.58. The van der Waals surface area contributed by atoms with Crippen molar-refractivity contribution >= 4 is 0 Å². The molecule has 0 unspecified atom stereocenters. The second-order valence-electron chi connectivity index (χ2n) is 1.54. The molecule has 1 nitrogen and oxygen atoms in total. The Morgan fingerprint density at radius 1 is 1.30 bits per heavy atom. The smallest absolute Gasteiger partial charge is 0.0437 e. The van der Waals surface area contributed by atoms with Gasteiger partial charge in [0.2, 0.25) is 0 Å². The molecule has 0 aliphatic carbocycles. The maximum absolute atomic E-state index is 4.83. The average Bonchev–Trinajstić information content (AvgIpc) is 1.93. The first-order chi connectivity index (χ1) is 4.83. The predicted molar refractivity (Wildman–Crippen MR) is 47.2 cm³/mol. The molecule has 0 N–H and O–H groups in total. The van der Waals surface area contributed by atoms with Crippen molar-refractivity contribution < 1.29 is 4.74 Å². The third-order valence-electron chi connectivity index (χ3n) is 0.737. The van der Waals surface area contributed by atoms with Crippen LogP contribution in [0.2, 0.25) is 0 Å². The Morgan fingerprint density at radius 3 is 1.80 bits per heavy atom. The zero-order valence-electron chi connectivity index (χ0n) is 7.26. The summed E-state index contributed by atoms with van der Waals surface area (Å²) in [4.78, 5) is 0. The summed E-state index contributed by atoms with van der Waals surface area (Å²) < 4.78 is 4.83. The van der Waals surface area contributed by atoms with Gasteiger partial charge in [-0.3, -0.25) is 0 Å². The van der Waals surface area contributed by atoms with E-state index >= 15 is 0 Å². The normalized spacial score (nSPS) is 8.70. The molecule has 0 aromatic heterocycles. The Hall–Kier alpha value is -0.560. The Kier molecular flexibility index (Phi) is 19.2. The van der Waals surface area contributed by atoms with E-state index in [1.807, 2.05) is 32.9 Å². The van der Waals surface area contributed by atoms with Crippen LogP contribution in [-0.2, 0) is 4.74 Å². The Morgan fingerprint density at radius 2 is 1.80 bits per heavy atom. The van der Waals surface area contributed by atoms with E-state index in [1.54, 1.807) is 6.08 Å². The highest BCUT2D eigenvalue weighted by Crippen LogP contribution is 1.65. The lowest BCUT2D eigenvalue weighted by molar-refractivity contribution is 0.162. The van der Waals surface area contributed by atoms with Gasteiger partial charge in [0.1, 0.15) is 0 Å². The topological polar surface area (TPSA) is 9.23 Å². The molecule has 0 heterocycles. The minimum atomic E-state index is 0.844. The predicted octanol–water partition coefficient (Wildman–Crippen LogP) is 2.79. The van der Waals surface area contributed by atoms with Gasteiger partial charge in [0.15, 0.2) is 0 Å². The number of hydrogen-bond acceptors (Lipinski definition) is 1. The number of rotatable bonds is 3. The quantitative estimate of drug-likeness (QED) is 0.550. The molecule has 0 spiro atoms. The van der Waals surface area contributed by atoms with Gasteiger partial charge in [-0.1, -0.05) is 24.8 Å². The van der Waals surface area contributed by atoms with E-state index in [2.05, 4.69) is 6.58 Å². The second-order valence-corrected chi connectivity index (χ2v) is 1.54. The maximum atomic E-state index is 4.83. The minimum absolute atomic E-state index is 0.844. The van der Waals surface area contributed by atoms with E-state index in [9.17, 15) is 0 Å². The van der Waals surface area contributed by atoms with Gasteiger partial charge in [0.25, 0.3) is 0 Å². The lowest BCUT2D eigenvalue weighted by atomic mass is 10.5. The molecule has 0 radical (unpaired) electrons. The molecule has 60 valence electrons. The molecule has 0 amide bonds. The van der Waals surface area contributed by atoms with E-state index in [0.717, 1.165) is 13.2 Å². The van der Waals surface area contributed by atoms with Crippen molar-refractivity contribution in [3.63, 3.8) is 0 Å². The molecule has 1 heteroatoms. The number of hydrogen-bond donors (Lipinski definition) is 0. The number of ether oxygens (including phenoxy) is 1. The van der Waals surface area contributed by atoms with E-state index in [-0.39, 0.29) is 0 Å². The summed E-state index contributed by atoms with van der Waals surface area (Å²) in [5.74, 6) is 0. The van der Waals surface area contributed by atoms with Gasteiger partial charge in [0, 0.05) is 13.2 Å². The van der Waals surface area contributed by atoms with Gasteiger partial charge in [-0.15, -0.1) is 0 Å². The molecule has 0 saturated carbocycles. The van der Waals surface area contributed by atoms with E-state index in [1.165, 1.54) is 0 Å². The first-order valence-corrected chi connectivity index (χ1v) is 3.64.